The number of hydrogen-bond donors (Lipinski definition) is 1. The molecule has 4 aromatic rings. The highest BCUT2D eigenvalue weighted by Crippen LogP contribution is 2.45. The number of carbonyl (C=O) groups excluding carboxylic acids is 1. The number of methoxy groups -OCH3 is 1. The zero-order chi connectivity index (χ0) is 24.6. The number of esters is 1. The number of carbonyl (C=O) groups is 1. The number of hydrogen-bond acceptors (Lipinski definition) is 5. The molecule has 3 aromatic carbocycles. The van der Waals surface area contributed by atoms with E-state index in [1.807, 2.05) is 30.3 Å². The van der Waals surface area contributed by atoms with Gasteiger partial charge in [0.25, 0.3) is 0 Å². The predicted octanol–water partition coefficient (Wildman–Crippen LogP) is 6.66. The molecule has 0 unspecified atom stereocenters. The van der Waals surface area contributed by atoms with Crippen LogP contribution in [-0.2, 0) is 11.2 Å². The van der Waals surface area contributed by atoms with E-state index in [4.69, 9.17) is 15.5 Å². The number of nitrogen functional groups attached to an aromatic ring is 1. The number of benzene rings is 3. The van der Waals surface area contributed by atoms with Gasteiger partial charge in [-0.2, -0.15) is 0 Å². The van der Waals surface area contributed by atoms with Gasteiger partial charge in [0.15, 0.2) is 0 Å². The number of anilines is 3. The van der Waals surface area contributed by atoms with Gasteiger partial charge in [0.2, 0.25) is 0 Å². The minimum Gasteiger partial charge on any atom is -0.465 e. The first kappa shape index (κ1) is 22.7. The van der Waals surface area contributed by atoms with Crippen molar-refractivity contribution in [1.82, 2.24) is 9.55 Å². The fraction of sp³-hybridized carbons (Fsp3) is 0.333. The standard InChI is InChI=1S/C30H32N4O2/c1-36-30(35)21-15-16-27-25(19-21)32-29(34(27)22-10-4-2-3-5-11-22)23-12-8-13-24(31)28(23)33-18-17-20-9-6-7-14-26(20)33/h6-9,12-16,19,22H,2-5,10-11,17-18,31H2,1H3. The van der Waals surface area contributed by atoms with Crippen LogP contribution in [-0.4, -0.2) is 29.2 Å². The van der Waals surface area contributed by atoms with E-state index in [0.717, 1.165) is 59.6 Å². The SMILES string of the molecule is COC(=O)c1ccc2c(c1)nc(-c1cccc(N)c1N1CCc3ccccc31)n2C1CCCCCC1. The van der Waals surface area contributed by atoms with Gasteiger partial charge in [-0.1, -0.05) is 49.9 Å². The predicted molar refractivity (Wildman–Crippen MR) is 145 cm³/mol. The van der Waals surface area contributed by atoms with Crippen molar-refractivity contribution in [2.45, 2.75) is 51.0 Å². The molecule has 0 atom stereocenters. The van der Waals surface area contributed by atoms with Gasteiger partial charge in [-0.15, -0.1) is 0 Å². The van der Waals surface area contributed by atoms with Crippen LogP contribution in [0.5, 0.6) is 0 Å². The summed E-state index contributed by atoms with van der Waals surface area (Å²) >= 11 is 0. The molecule has 2 N–H and O–H groups in total. The molecule has 2 heterocycles. The third-order valence-electron chi connectivity index (χ3n) is 7.77. The van der Waals surface area contributed by atoms with E-state index in [2.05, 4.69) is 39.8 Å². The summed E-state index contributed by atoms with van der Waals surface area (Å²) in [6.07, 6.45) is 8.23. The van der Waals surface area contributed by atoms with E-state index in [0.29, 0.717) is 11.6 Å². The molecule has 6 nitrogen and oxygen atoms in total. The molecule has 6 heteroatoms. The van der Waals surface area contributed by atoms with Gasteiger partial charge in [0.1, 0.15) is 5.82 Å². The number of aromatic nitrogens is 2. The Morgan fingerprint density at radius 2 is 1.81 bits per heavy atom. The summed E-state index contributed by atoms with van der Waals surface area (Å²) in [6.45, 7) is 0.886. The highest BCUT2D eigenvalue weighted by molar-refractivity contribution is 5.96. The number of fused-ring (bicyclic) bond motifs is 2. The molecule has 1 fully saturated rings. The van der Waals surface area contributed by atoms with Crippen LogP contribution >= 0.6 is 0 Å². The second-order valence-corrected chi connectivity index (χ2v) is 9.92. The van der Waals surface area contributed by atoms with Crippen LogP contribution in [0.15, 0.2) is 60.7 Å². The minimum absolute atomic E-state index is 0.346. The number of imidazole rings is 1. The quantitative estimate of drug-likeness (QED) is 0.201. The lowest BCUT2D eigenvalue weighted by atomic mass is 10.1. The third kappa shape index (κ3) is 3.81. The third-order valence-corrected chi connectivity index (χ3v) is 7.77. The van der Waals surface area contributed by atoms with Crippen LogP contribution < -0.4 is 10.6 Å². The average Bonchev–Trinajstić information content (AvgIpc) is 3.39. The van der Waals surface area contributed by atoms with Gasteiger partial charge in [-0.05, 0) is 61.2 Å². The van der Waals surface area contributed by atoms with Crippen molar-refractivity contribution in [2.75, 3.05) is 24.3 Å². The Kier molecular flexibility index (Phi) is 5.88. The van der Waals surface area contributed by atoms with Crippen LogP contribution in [0, 0.1) is 0 Å². The van der Waals surface area contributed by atoms with Crippen LogP contribution in [0.4, 0.5) is 17.1 Å². The minimum atomic E-state index is -0.346. The van der Waals surface area contributed by atoms with E-state index in [1.54, 1.807) is 0 Å². The van der Waals surface area contributed by atoms with E-state index in [1.165, 1.54) is 44.0 Å². The van der Waals surface area contributed by atoms with Gasteiger partial charge in [0, 0.05) is 23.8 Å². The zero-order valence-corrected chi connectivity index (χ0v) is 20.7. The maximum absolute atomic E-state index is 12.3. The van der Waals surface area contributed by atoms with E-state index in [-0.39, 0.29) is 5.97 Å². The second-order valence-electron chi connectivity index (χ2n) is 9.92. The van der Waals surface area contributed by atoms with Gasteiger partial charge in [-0.25, -0.2) is 9.78 Å². The summed E-state index contributed by atoms with van der Waals surface area (Å²) in [5, 5.41) is 0. The summed E-state index contributed by atoms with van der Waals surface area (Å²) < 4.78 is 7.40. The van der Waals surface area contributed by atoms with Crippen LogP contribution in [0.1, 0.15) is 60.5 Å². The summed E-state index contributed by atoms with van der Waals surface area (Å²) in [7, 11) is 1.41. The number of para-hydroxylation sites is 2. The Bertz CT molecular complexity index is 1430. The molecule has 36 heavy (non-hydrogen) atoms. The van der Waals surface area contributed by atoms with E-state index in [9.17, 15) is 4.79 Å². The summed E-state index contributed by atoms with van der Waals surface area (Å²) in [4.78, 5) is 19.8. The summed E-state index contributed by atoms with van der Waals surface area (Å²) in [6, 6.07) is 20.8. The number of ether oxygens (including phenoxy) is 1. The maximum atomic E-state index is 12.3. The lowest BCUT2D eigenvalue weighted by molar-refractivity contribution is 0.0601. The number of rotatable bonds is 4. The molecule has 1 saturated carbocycles. The fourth-order valence-corrected chi connectivity index (χ4v) is 6.03. The Hall–Kier alpha value is -3.80. The van der Waals surface area contributed by atoms with Gasteiger partial charge in [0.05, 0.1) is 35.1 Å². The summed E-state index contributed by atoms with van der Waals surface area (Å²) in [5.74, 6) is 0.575. The Morgan fingerprint density at radius 1 is 1.00 bits per heavy atom. The summed E-state index contributed by atoms with van der Waals surface area (Å²) in [5.41, 5.74) is 14.4. The van der Waals surface area contributed by atoms with Crippen molar-refractivity contribution in [1.29, 1.82) is 0 Å². The normalized spacial score (nSPS) is 16.2. The van der Waals surface area contributed by atoms with Crippen molar-refractivity contribution in [3.63, 3.8) is 0 Å². The van der Waals surface area contributed by atoms with Crippen molar-refractivity contribution >= 4 is 34.1 Å². The monoisotopic (exact) mass is 480 g/mol. The van der Waals surface area contributed by atoms with Crippen molar-refractivity contribution in [3.05, 3.63) is 71.8 Å². The van der Waals surface area contributed by atoms with Crippen LogP contribution in [0.25, 0.3) is 22.4 Å². The van der Waals surface area contributed by atoms with Crippen molar-refractivity contribution < 1.29 is 9.53 Å². The molecule has 184 valence electrons. The molecular formula is C30H32N4O2. The van der Waals surface area contributed by atoms with E-state index < -0.39 is 0 Å². The Labute approximate surface area is 211 Å². The van der Waals surface area contributed by atoms with E-state index >= 15 is 0 Å². The molecule has 1 aromatic heterocycles. The van der Waals surface area contributed by atoms with Crippen molar-refractivity contribution in [2.24, 2.45) is 0 Å². The maximum Gasteiger partial charge on any atom is 0.337 e. The molecule has 0 spiro atoms. The molecule has 0 saturated heterocycles. The second kappa shape index (κ2) is 9.34. The van der Waals surface area contributed by atoms with Gasteiger partial charge in [-0.3, -0.25) is 0 Å². The van der Waals surface area contributed by atoms with Gasteiger partial charge < -0.3 is 19.9 Å². The molecular weight excluding hydrogens is 448 g/mol. The molecule has 1 aliphatic carbocycles. The number of nitrogens with two attached hydrogens (primary N) is 1. The van der Waals surface area contributed by atoms with Crippen molar-refractivity contribution in [3.8, 4) is 11.4 Å². The Morgan fingerprint density at radius 3 is 2.61 bits per heavy atom. The average molecular weight is 481 g/mol. The van der Waals surface area contributed by atoms with Crippen LogP contribution in [0.3, 0.4) is 0 Å². The molecule has 0 amide bonds. The zero-order valence-electron chi connectivity index (χ0n) is 20.7. The molecule has 0 radical (unpaired) electrons. The first-order valence-electron chi connectivity index (χ1n) is 13.0. The lowest BCUT2D eigenvalue weighted by Crippen LogP contribution is -2.17. The molecule has 6 rings (SSSR count). The highest BCUT2D eigenvalue weighted by atomic mass is 16.5. The Balaban J connectivity index is 1.57. The van der Waals surface area contributed by atoms with Gasteiger partial charge >= 0.3 is 5.97 Å². The first-order valence-corrected chi connectivity index (χ1v) is 13.0. The number of nitrogens with zero attached hydrogens (tertiary/aromatic N) is 3. The largest absolute Gasteiger partial charge is 0.465 e. The first-order chi connectivity index (χ1) is 17.7. The lowest BCUT2D eigenvalue weighted by Gasteiger charge is -2.26. The molecule has 0 bridgehead atoms. The molecule has 2 aliphatic rings. The smallest absolute Gasteiger partial charge is 0.337 e. The molecule has 1 aliphatic heterocycles. The van der Waals surface area contributed by atoms with Crippen LogP contribution in [0.2, 0.25) is 0 Å². The highest BCUT2D eigenvalue weighted by Gasteiger charge is 2.28. The fourth-order valence-electron chi connectivity index (χ4n) is 6.03. The topological polar surface area (TPSA) is 73.4 Å².